The minimum absolute atomic E-state index is 0.295. The van der Waals surface area contributed by atoms with Crippen LogP contribution < -0.4 is 11.5 Å². The van der Waals surface area contributed by atoms with E-state index >= 15 is 0 Å². The average Bonchev–Trinajstić information content (AvgIpc) is 2.63. The fourth-order valence-electron chi connectivity index (χ4n) is 3.35. The van der Waals surface area contributed by atoms with Crippen molar-refractivity contribution < 1.29 is 5.11 Å². The Balaban J connectivity index is 2.27. The number of nitrogens with two attached hydrogens (primary N) is 2. The third-order valence-corrected chi connectivity index (χ3v) is 5.05. The Morgan fingerprint density at radius 2 is 1.38 bits per heavy atom. The molecule has 1 rings (SSSR count). The van der Waals surface area contributed by atoms with E-state index in [-0.39, 0.29) is 0 Å². The van der Waals surface area contributed by atoms with Crippen LogP contribution in [0.15, 0.2) is 30.3 Å². The van der Waals surface area contributed by atoms with Crippen LogP contribution in [0.4, 0.5) is 0 Å². The van der Waals surface area contributed by atoms with Crippen LogP contribution in [0.3, 0.4) is 0 Å². The summed E-state index contributed by atoms with van der Waals surface area (Å²) in [5.41, 5.74) is 11.7. The average molecular weight is 335 g/mol. The molecule has 0 aliphatic heterocycles. The van der Waals surface area contributed by atoms with Gasteiger partial charge >= 0.3 is 0 Å². The SMILES string of the molecule is CCCCCCCCCCCCC(O)(c1ccccc1)C(N)CN. The zero-order valence-electron chi connectivity index (χ0n) is 15.6. The summed E-state index contributed by atoms with van der Waals surface area (Å²) in [5, 5.41) is 11.1. The van der Waals surface area contributed by atoms with Gasteiger partial charge in [-0.05, 0) is 12.0 Å². The predicted molar refractivity (Wildman–Crippen MR) is 104 cm³/mol. The first-order chi connectivity index (χ1) is 11.6. The highest BCUT2D eigenvalue weighted by Gasteiger charge is 2.34. The molecule has 1 aromatic carbocycles. The molecule has 2 unspecified atom stereocenters. The second-order valence-corrected chi connectivity index (χ2v) is 7.06. The lowest BCUT2D eigenvalue weighted by Gasteiger charge is -2.34. The summed E-state index contributed by atoms with van der Waals surface area (Å²) >= 11 is 0. The lowest BCUT2D eigenvalue weighted by atomic mass is 9.82. The van der Waals surface area contributed by atoms with Crippen molar-refractivity contribution in [2.45, 2.75) is 89.2 Å². The Kier molecular flexibility index (Phi) is 11.0. The number of benzene rings is 1. The van der Waals surface area contributed by atoms with Crippen molar-refractivity contribution >= 4 is 0 Å². The van der Waals surface area contributed by atoms with Crippen LogP contribution in [0, 0.1) is 0 Å². The molecule has 0 saturated carbocycles. The molecule has 0 aliphatic carbocycles. The molecule has 24 heavy (non-hydrogen) atoms. The highest BCUT2D eigenvalue weighted by atomic mass is 16.3. The fraction of sp³-hybridized carbons (Fsp3) is 0.714. The standard InChI is InChI=1S/C21H38N2O/c1-2-3-4-5-6-7-8-9-10-14-17-21(24,20(23)18-22)19-15-12-11-13-16-19/h11-13,15-16,20,24H,2-10,14,17-18,22-23H2,1H3. The van der Waals surface area contributed by atoms with Gasteiger partial charge in [0.15, 0.2) is 0 Å². The maximum absolute atomic E-state index is 11.1. The molecule has 0 fully saturated rings. The van der Waals surface area contributed by atoms with Crippen LogP contribution in [-0.4, -0.2) is 17.7 Å². The number of hydrogen-bond donors (Lipinski definition) is 3. The molecule has 0 saturated heterocycles. The van der Waals surface area contributed by atoms with Crippen LogP contribution in [0.2, 0.25) is 0 Å². The smallest absolute Gasteiger partial charge is 0.106 e. The summed E-state index contributed by atoms with van der Waals surface area (Å²) < 4.78 is 0. The van der Waals surface area contributed by atoms with Crippen LogP contribution in [-0.2, 0) is 5.60 Å². The van der Waals surface area contributed by atoms with E-state index in [9.17, 15) is 5.11 Å². The number of aliphatic hydroxyl groups is 1. The van der Waals surface area contributed by atoms with Crippen molar-refractivity contribution in [3.8, 4) is 0 Å². The Morgan fingerprint density at radius 3 is 1.88 bits per heavy atom. The molecule has 0 heterocycles. The molecule has 0 aromatic heterocycles. The van der Waals surface area contributed by atoms with Gasteiger partial charge in [0.05, 0.1) is 0 Å². The molecular weight excluding hydrogens is 296 g/mol. The van der Waals surface area contributed by atoms with Gasteiger partial charge in [-0.1, -0.05) is 101 Å². The molecule has 0 spiro atoms. The molecule has 138 valence electrons. The first kappa shape index (κ1) is 21.1. The van der Waals surface area contributed by atoms with Gasteiger partial charge in [0.25, 0.3) is 0 Å². The largest absolute Gasteiger partial charge is 0.383 e. The molecule has 5 N–H and O–H groups in total. The Labute approximate surface area is 148 Å². The van der Waals surface area contributed by atoms with Crippen molar-refractivity contribution in [1.82, 2.24) is 0 Å². The summed E-state index contributed by atoms with van der Waals surface area (Å²) in [7, 11) is 0. The molecule has 0 amide bonds. The molecule has 2 atom stereocenters. The van der Waals surface area contributed by atoms with Gasteiger partial charge in [-0.25, -0.2) is 0 Å². The zero-order chi connectivity index (χ0) is 17.7. The van der Waals surface area contributed by atoms with Crippen LogP contribution in [0.1, 0.15) is 83.1 Å². The highest BCUT2D eigenvalue weighted by molar-refractivity contribution is 5.24. The number of unbranched alkanes of at least 4 members (excludes halogenated alkanes) is 9. The maximum atomic E-state index is 11.1. The summed E-state index contributed by atoms with van der Waals surface area (Å²) in [6.45, 7) is 2.55. The molecule has 3 nitrogen and oxygen atoms in total. The predicted octanol–water partition coefficient (Wildman–Crippen LogP) is 4.47. The van der Waals surface area contributed by atoms with E-state index in [2.05, 4.69) is 6.92 Å². The van der Waals surface area contributed by atoms with Gasteiger partial charge in [-0.3, -0.25) is 0 Å². The van der Waals surface area contributed by atoms with Gasteiger partial charge in [0.1, 0.15) is 5.60 Å². The zero-order valence-corrected chi connectivity index (χ0v) is 15.6. The van der Waals surface area contributed by atoms with E-state index in [1.54, 1.807) is 0 Å². The first-order valence-electron chi connectivity index (χ1n) is 9.88. The summed E-state index contributed by atoms with van der Waals surface area (Å²) in [6.07, 6.45) is 13.6. The van der Waals surface area contributed by atoms with Crippen molar-refractivity contribution in [3.05, 3.63) is 35.9 Å². The summed E-state index contributed by atoms with van der Waals surface area (Å²) in [4.78, 5) is 0. The van der Waals surface area contributed by atoms with Crippen LogP contribution >= 0.6 is 0 Å². The van der Waals surface area contributed by atoms with Gasteiger partial charge in [0, 0.05) is 12.6 Å². The third kappa shape index (κ3) is 7.33. The van der Waals surface area contributed by atoms with Crippen molar-refractivity contribution in [2.75, 3.05) is 6.54 Å². The first-order valence-corrected chi connectivity index (χ1v) is 9.88. The lowest BCUT2D eigenvalue weighted by molar-refractivity contribution is 0.00107. The Bertz CT molecular complexity index is 410. The minimum Gasteiger partial charge on any atom is -0.383 e. The van der Waals surface area contributed by atoms with E-state index in [1.165, 1.54) is 51.4 Å². The van der Waals surface area contributed by atoms with E-state index in [4.69, 9.17) is 11.5 Å². The van der Waals surface area contributed by atoms with E-state index in [0.29, 0.717) is 13.0 Å². The molecule has 0 bridgehead atoms. The molecule has 0 aliphatic rings. The van der Waals surface area contributed by atoms with Gasteiger partial charge in [-0.15, -0.1) is 0 Å². The fourth-order valence-corrected chi connectivity index (χ4v) is 3.35. The maximum Gasteiger partial charge on any atom is 0.106 e. The second-order valence-electron chi connectivity index (χ2n) is 7.06. The summed E-state index contributed by atoms with van der Waals surface area (Å²) in [6, 6.07) is 9.33. The van der Waals surface area contributed by atoms with Crippen LogP contribution in [0.5, 0.6) is 0 Å². The third-order valence-electron chi connectivity index (χ3n) is 5.05. The van der Waals surface area contributed by atoms with Crippen molar-refractivity contribution in [2.24, 2.45) is 11.5 Å². The normalized spacial score (nSPS) is 15.2. The quantitative estimate of drug-likeness (QED) is 0.439. The topological polar surface area (TPSA) is 72.3 Å². The molecule has 0 radical (unpaired) electrons. The van der Waals surface area contributed by atoms with Crippen molar-refractivity contribution in [3.63, 3.8) is 0 Å². The minimum atomic E-state index is -1.00. The van der Waals surface area contributed by atoms with Gasteiger partial charge < -0.3 is 16.6 Å². The molecular formula is C21H38N2O. The lowest BCUT2D eigenvalue weighted by Crippen LogP contribution is -2.50. The van der Waals surface area contributed by atoms with E-state index in [0.717, 1.165) is 18.4 Å². The van der Waals surface area contributed by atoms with Crippen LogP contribution in [0.25, 0.3) is 0 Å². The Hall–Kier alpha value is -0.900. The monoisotopic (exact) mass is 334 g/mol. The highest BCUT2D eigenvalue weighted by Crippen LogP contribution is 2.30. The molecule has 1 aromatic rings. The number of hydrogen-bond acceptors (Lipinski definition) is 3. The summed E-state index contributed by atoms with van der Waals surface area (Å²) in [5.74, 6) is 0. The van der Waals surface area contributed by atoms with Gasteiger partial charge in [0.2, 0.25) is 0 Å². The Morgan fingerprint density at radius 1 is 0.875 bits per heavy atom. The van der Waals surface area contributed by atoms with E-state index in [1.807, 2.05) is 30.3 Å². The molecule has 3 heteroatoms. The number of rotatable bonds is 14. The van der Waals surface area contributed by atoms with Gasteiger partial charge in [-0.2, -0.15) is 0 Å². The van der Waals surface area contributed by atoms with Crippen molar-refractivity contribution in [1.29, 1.82) is 0 Å². The van der Waals surface area contributed by atoms with E-state index < -0.39 is 11.6 Å². The second kappa shape index (κ2) is 12.5.